The van der Waals surface area contributed by atoms with E-state index in [1.165, 1.54) is 6.33 Å². The molecule has 13 heavy (non-hydrogen) atoms. The van der Waals surface area contributed by atoms with Crippen molar-refractivity contribution in [2.75, 3.05) is 0 Å². The number of rotatable bonds is 3. The Morgan fingerprint density at radius 3 is 2.85 bits per heavy atom. The minimum Gasteiger partial charge on any atom is -0.390 e. The molecule has 1 aromatic rings. The molecule has 0 unspecified atom stereocenters. The number of aromatic nitrogens is 3. The second kappa shape index (κ2) is 4.02. The SMILES string of the molecule is CC(C)(C)ON=CCn1cncn1. The first-order chi connectivity index (χ1) is 6.08. The van der Waals surface area contributed by atoms with Gasteiger partial charge in [0.25, 0.3) is 0 Å². The average Bonchev–Trinajstić information content (AvgIpc) is 2.48. The van der Waals surface area contributed by atoms with E-state index in [1.54, 1.807) is 17.2 Å². The van der Waals surface area contributed by atoms with Gasteiger partial charge in [-0.15, -0.1) is 0 Å². The lowest BCUT2D eigenvalue weighted by Crippen LogP contribution is -2.15. The highest BCUT2D eigenvalue weighted by Crippen LogP contribution is 2.05. The largest absolute Gasteiger partial charge is 0.390 e. The summed E-state index contributed by atoms with van der Waals surface area (Å²) in [6, 6.07) is 0. The van der Waals surface area contributed by atoms with Gasteiger partial charge in [-0.1, -0.05) is 5.16 Å². The fraction of sp³-hybridized carbons (Fsp3) is 0.625. The van der Waals surface area contributed by atoms with E-state index in [-0.39, 0.29) is 5.60 Å². The zero-order valence-corrected chi connectivity index (χ0v) is 8.14. The highest BCUT2D eigenvalue weighted by Gasteiger charge is 2.08. The van der Waals surface area contributed by atoms with Gasteiger partial charge in [-0.05, 0) is 20.8 Å². The summed E-state index contributed by atoms with van der Waals surface area (Å²) in [6.07, 6.45) is 4.77. The van der Waals surface area contributed by atoms with E-state index in [4.69, 9.17) is 4.84 Å². The maximum atomic E-state index is 5.14. The molecule has 5 nitrogen and oxygen atoms in total. The van der Waals surface area contributed by atoms with Crippen molar-refractivity contribution in [1.29, 1.82) is 0 Å². The second-order valence-corrected chi connectivity index (χ2v) is 3.61. The van der Waals surface area contributed by atoms with Crippen LogP contribution in [0.15, 0.2) is 17.8 Å². The lowest BCUT2D eigenvalue weighted by molar-refractivity contribution is 0.00148. The molecule has 0 atom stereocenters. The number of oxime groups is 1. The van der Waals surface area contributed by atoms with E-state index < -0.39 is 0 Å². The zero-order valence-electron chi connectivity index (χ0n) is 8.14. The third kappa shape index (κ3) is 4.25. The van der Waals surface area contributed by atoms with E-state index in [0.717, 1.165) is 0 Å². The van der Waals surface area contributed by atoms with Crippen LogP contribution in [0.1, 0.15) is 20.8 Å². The normalized spacial score (nSPS) is 12.2. The first kappa shape index (κ1) is 9.70. The van der Waals surface area contributed by atoms with E-state index in [2.05, 4.69) is 15.2 Å². The van der Waals surface area contributed by atoms with Crippen LogP contribution < -0.4 is 0 Å². The van der Waals surface area contributed by atoms with Gasteiger partial charge in [0.05, 0.1) is 12.8 Å². The third-order valence-corrected chi connectivity index (χ3v) is 1.14. The lowest BCUT2D eigenvalue weighted by Gasteiger charge is -2.14. The van der Waals surface area contributed by atoms with Crippen molar-refractivity contribution in [2.45, 2.75) is 32.9 Å². The number of nitrogens with zero attached hydrogens (tertiary/aromatic N) is 4. The van der Waals surface area contributed by atoms with Gasteiger partial charge in [-0.25, -0.2) is 9.67 Å². The predicted octanol–water partition coefficient (Wildman–Crippen LogP) is 1.08. The maximum Gasteiger partial charge on any atom is 0.137 e. The molecule has 0 N–H and O–H groups in total. The molecular weight excluding hydrogens is 168 g/mol. The van der Waals surface area contributed by atoms with E-state index in [9.17, 15) is 0 Å². The Morgan fingerprint density at radius 2 is 2.31 bits per heavy atom. The minimum atomic E-state index is -0.237. The number of hydrogen-bond acceptors (Lipinski definition) is 4. The Bertz CT molecular complexity index is 260. The molecule has 0 spiro atoms. The Kier molecular flexibility index (Phi) is 3.00. The molecule has 0 saturated carbocycles. The Labute approximate surface area is 77.4 Å². The minimum absolute atomic E-state index is 0.237. The molecule has 0 radical (unpaired) electrons. The highest BCUT2D eigenvalue weighted by molar-refractivity contribution is 5.55. The predicted molar refractivity (Wildman–Crippen MR) is 49.4 cm³/mol. The Hall–Kier alpha value is -1.39. The molecule has 0 aromatic carbocycles. The average molecular weight is 182 g/mol. The molecule has 0 fully saturated rings. The fourth-order valence-corrected chi connectivity index (χ4v) is 0.639. The summed E-state index contributed by atoms with van der Waals surface area (Å²) in [5.74, 6) is 0. The van der Waals surface area contributed by atoms with Crippen LogP contribution in [0.5, 0.6) is 0 Å². The molecule has 0 bridgehead atoms. The summed E-state index contributed by atoms with van der Waals surface area (Å²) in [4.78, 5) is 8.93. The molecule has 0 aliphatic rings. The van der Waals surface area contributed by atoms with Crippen LogP contribution in [-0.2, 0) is 11.4 Å². The second-order valence-electron chi connectivity index (χ2n) is 3.61. The monoisotopic (exact) mass is 182 g/mol. The fourth-order valence-electron chi connectivity index (χ4n) is 0.639. The smallest absolute Gasteiger partial charge is 0.137 e. The van der Waals surface area contributed by atoms with Crippen LogP contribution in [0.3, 0.4) is 0 Å². The van der Waals surface area contributed by atoms with Crippen molar-refractivity contribution in [3.05, 3.63) is 12.7 Å². The van der Waals surface area contributed by atoms with Crippen molar-refractivity contribution >= 4 is 6.21 Å². The van der Waals surface area contributed by atoms with Crippen LogP contribution in [0.2, 0.25) is 0 Å². The molecule has 0 aliphatic carbocycles. The van der Waals surface area contributed by atoms with E-state index in [0.29, 0.717) is 6.54 Å². The molecule has 1 rings (SSSR count). The molecule has 0 aliphatic heterocycles. The van der Waals surface area contributed by atoms with E-state index >= 15 is 0 Å². The van der Waals surface area contributed by atoms with Gasteiger partial charge in [0.1, 0.15) is 18.3 Å². The molecule has 1 aromatic heterocycles. The van der Waals surface area contributed by atoms with Crippen LogP contribution in [0.4, 0.5) is 0 Å². The van der Waals surface area contributed by atoms with Gasteiger partial charge in [0.2, 0.25) is 0 Å². The standard InChI is InChI=1S/C8H14N4O/c1-8(2,3)13-11-4-5-12-7-9-6-10-12/h4,6-7H,5H2,1-3H3. The summed E-state index contributed by atoms with van der Waals surface area (Å²) >= 11 is 0. The van der Waals surface area contributed by atoms with Crippen LogP contribution >= 0.6 is 0 Å². The third-order valence-electron chi connectivity index (χ3n) is 1.14. The van der Waals surface area contributed by atoms with Gasteiger partial charge in [0.15, 0.2) is 0 Å². The van der Waals surface area contributed by atoms with E-state index in [1.807, 2.05) is 20.8 Å². The quantitative estimate of drug-likeness (QED) is 0.519. The lowest BCUT2D eigenvalue weighted by atomic mass is 10.2. The zero-order chi connectivity index (χ0) is 9.73. The van der Waals surface area contributed by atoms with Gasteiger partial charge >= 0.3 is 0 Å². The van der Waals surface area contributed by atoms with Crippen LogP contribution in [0, 0.1) is 0 Å². The summed E-state index contributed by atoms with van der Waals surface area (Å²) in [5.41, 5.74) is -0.237. The first-order valence-electron chi connectivity index (χ1n) is 4.10. The first-order valence-corrected chi connectivity index (χ1v) is 4.10. The molecule has 0 amide bonds. The van der Waals surface area contributed by atoms with Crippen LogP contribution in [-0.4, -0.2) is 26.6 Å². The number of hydrogen-bond donors (Lipinski definition) is 0. The molecule has 0 saturated heterocycles. The van der Waals surface area contributed by atoms with Crippen molar-refractivity contribution in [3.8, 4) is 0 Å². The summed E-state index contributed by atoms with van der Waals surface area (Å²) < 4.78 is 1.66. The summed E-state index contributed by atoms with van der Waals surface area (Å²) in [6.45, 7) is 6.41. The Balaban J connectivity index is 2.27. The van der Waals surface area contributed by atoms with Crippen LogP contribution in [0.25, 0.3) is 0 Å². The van der Waals surface area contributed by atoms with Gasteiger partial charge < -0.3 is 4.84 Å². The van der Waals surface area contributed by atoms with Crippen molar-refractivity contribution in [3.63, 3.8) is 0 Å². The molecular formula is C8H14N4O. The maximum absolute atomic E-state index is 5.14. The molecule has 1 heterocycles. The highest BCUT2D eigenvalue weighted by atomic mass is 16.6. The summed E-state index contributed by atoms with van der Waals surface area (Å²) in [7, 11) is 0. The molecule has 5 heteroatoms. The van der Waals surface area contributed by atoms with Crippen molar-refractivity contribution in [1.82, 2.24) is 14.8 Å². The molecule has 72 valence electrons. The van der Waals surface area contributed by atoms with Gasteiger partial charge in [0, 0.05) is 0 Å². The van der Waals surface area contributed by atoms with Gasteiger partial charge in [-0.3, -0.25) is 0 Å². The van der Waals surface area contributed by atoms with Gasteiger partial charge in [-0.2, -0.15) is 5.10 Å². The Morgan fingerprint density at radius 1 is 1.54 bits per heavy atom. The topological polar surface area (TPSA) is 52.3 Å². The van der Waals surface area contributed by atoms with Crippen molar-refractivity contribution < 1.29 is 4.84 Å². The van der Waals surface area contributed by atoms with Crippen molar-refractivity contribution in [2.24, 2.45) is 5.16 Å². The summed E-state index contributed by atoms with van der Waals surface area (Å²) in [5, 5.41) is 7.71.